The van der Waals surface area contributed by atoms with Gasteiger partial charge in [-0.1, -0.05) is 29.8 Å². The number of nitrogens with zero attached hydrogens (tertiary/aromatic N) is 1. The van der Waals surface area contributed by atoms with Crippen molar-refractivity contribution < 1.29 is 23.7 Å². The number of rotatable bonds is 4. The molecule has 0 spiro atoms. The zero-order valence-corrected chi connectivity index (χ0v) is 19.2. The second kappa shape index (κ2) is 8.46. The highest BCUT2D eigenvalue weighted by Gasteiger charge is 2.38. The van der Waals surface area contributed by atoms with E-state index in [2.05, 4.69) is 0 Å². The lowest BCUT2D eigenvalue weighted by Crippen LogP contribution is -2.35. The summed E-state index contributed by atoms with van der Waals surface area (Å²) in [5, 5.41) is 0.525. The summed E-state index contributed by atoms with van der Waals surface area (Å²) in [4.78, 5) is 26.6. The van der Waals surface area contributed by atoms with Crippen molar-refractivity contribution in [1.82, 2.24) is 4.57 Å². The topological polar surface area (TPSA) is 102 Å². The fourth-order valence-corrected chi connectivity index (χ4v) is 4.43. The van der Waals surface area contributed by atoms with Crippen molar-refractivity contribution in [1.29, 1.82) is 0 Å². The Bertz CT molecular complexity index is 1390. The van der Waals surface area contributed by atoms with Gasteiger partial charge in [0.1, 0.15) is 11.3 Å². The minimum atomic E-state index is -0.787. The summed E-state index contributed by atoms with van der Waals surface area (Å²) in [6, 6.07) is 14.2. The predicted octanol–water partition coefficient (Wildman–Crippen LogP) is 3.45. The van der Waals surface area contributed by atoms with Crippen LogP contribution in [0.3, 0.4) is 0 Å². The fraction of sp³-hybridized carbons (Fsp3) is 0.200. The van der Waals surface area contributed by atoms with E-state index in [0.717, 1.165) is 5.56 Å². The van der Waals surface area contributed by atoms with Crippen LogP contribution in [0.4, 0.5) is 0 Å². The van der Waals surface area contributed by atoms with Gasteiger partial charge in [-0.25, -0.2) is 4.79 Å². The van der Waals surface area contributed by atoms with Crippen LogP contribution in [-0.2, 0) is 16.1 Å². The summed E-state index contributed by atoms with van der Waals surface area (Å²) in [6.45, 7) is 2.26. The van der Waals surface area contributed by atoms with E-state index in [1.54, 1.807) is 34.9 Å². The first-order chi connectivity index (χ1) is 16.4. The van der Waals surface area contributed by atoms with Crippen molar-refractivity contribution in [2.75, 3.05) is 13.9 Å². The van der Waals surface area contributed by atoms with Crippen LogP contribution < -0.4 is 25.5 Å². The average molecular weight is 481 g/mol. The highest BCUT2D eigenvalue weighted by Crippen LogP contribution is 2.41. The van der Waals surface area contributed by atoms with E-state index in [0.29, 0.717) is 39.1 Å². The Kier molecular flexibility index (Phi) is 5.45. The number of methoxy groups -OCH3 is 1. The molecule has 34 heavy (non-hydrogen) atoms. The third-order valence-electron chi connectivity index (χ3n) is 5.96. The van der Waals surface area contributed by atoms with Gasteiger partial charge in [-0.3, -0.25) is 4.79 Å². The first kappa shape index (κ1) is 21.9. The Hall–Kier alpha value is -3.91. The van der Waals surface area contributed by atoms with Gasteiger partial charge in [0.25, 0.3) is 5.56 Å². The van der Waals surface area contributed by atoms with Gasteiger partial charge in [-0.05, 0) is 42.3 Å². The summed E-state index contributed by atoms with van der Waals surface area (Å²) < 4.78 is 23.2. The lowest BCUT2D eigenvalue weighted by atomic mass is 9.83. The molecule has 0 fully saturated rings. The normalized spacial score (nSPS) is 16.1. The van der Waals surface area contributed by atoms with Gasteiger partial charge >= 0.3 is 5.97 Å². The lowest BCUT2D eigenvalue weighted by Gasteiger charge is -2.29. The number of pyridine rings is 1. The van der Waals surface area contributed by atoms with E-state index >= 15 is 0 Å². The van der Waals surface area contributed by atoms with E-state index in [1.807, 2.05) is 25.1 Å². The largest absolute Gasteiger partial charge is 0.465 e. The standard InChI is InChI=1S/C25H21ClN2O6/c1-13-9-19-21(24(29)28(13)11-14-3-8-17-18(10-14)33-12-32-17)20(15-4-6-16(26)7-5-15)22(23(27)34-19)25(30)31-2/h3-10,20H,11-12,27H2,1-2H3. The highest BCUT2D eigenvalue weighted by atomic mass is 35.5. The monoisotopic (exact) mass is 480 g/mol. The van der Waals surface area contributed by atoms with Crippen LogP contribution in [0.15, 0.2) is 64.8 Å². The number of aromatic nitrogens is 1. The summed E-state index contributed by atoms with van der Waals surface area (Å²) in [6.07, 6.45) is 0. The number of carbonyl (C=O) groups excluding carboxylic acids is 1. The molecule has 3 aromatic rings. The molecule has 2 aliphatic heterocycles. The van der Waals surface area contributed by atoms with Gasteiger partial charge in [0, 0.05) is 16.8 Å². The van der Waals surface area contributed by atoms with Crippen LogP contribution in [0, 0.1) is 6.92 Å². The molecule has 0 radical (unpaired) electrons. The zero-order valence-electron chi connectivity index (χ0n) is 18.5. The Morgan fingerprint density at radius 1 is 1.12 bits per heavy atom. The Morgan fingerprint density at radius 3 is 2.59 bits per heavy atom. The molecule has 0 amide bonds. The second-order valence-corrected chi connectivity index (χ2v) is 8.44. The Morgan fingerprint density at radius 2 is 1.85 bits per heavy atom. The SMILES string of the molecule is COC(=O)C1=C(N)Oc2cc(C)n(Cc3ccc4c(c3)OCO4)c(=O)c2C1c1ccc(Cl)cc1. The fourth-order valence-electron chi connectivity index (χ4n) is 4.30. The minimum absolute atomic E-state index is 0.0629. The molecule has 3 heterocycles. The van der Waals surface area contributed by atoms with Crippen LogP contribution in [-0.4, -0.2) is 24.4 Å². The first-order valence-corrected chi connectivity index (χ1v) is 10.9. The lowest BCUT2D eigenvalue weighted by molar-refractivity contribution is -0.136. The molecule has 8 nitrogen and oxygen atoms in total. The number of aryl methyl sites for hydroxylation is 1. The number of hydrogen-bond donors (Lipinski definition) is 1. The molecule has 1 atom stereocenters. The molecular weight excluding hydrogens is 460 g/mol. The van der Waals surface area contributed by atoms with Crippen LogP contribution in [0.5, 0.6) is 17.2 Å². The molecular formula is C25H21ClN2O6. The number of esters is 1. The number of carbonyl (C=O) groups is 1. The van der Waals surface area contributed by atoms with Gasteiger partial charge in [-0.2, -0.15) is 0 Å². The van der Waals surface area contributed by atoms with Crippen molar-refractivity contribution in [3.05, 3.63) is 97.7 Å². The second-order valence-electron chi connectivity index (χ2n) is 8.00. The van der Waals surface area contributed by atoms with Crippen molar-refractivity contribution in [2.24, 2.45) is 5.73 Å². The van der Waals surface area contributed by atoms with Crippen LogP contribution in [0.1, 0.15) is 28.3 Å². The molecule has 1 unspecified atom stereocenters. The quantitative estimate of drug-likeness (QED) is 0.570. The van der Waals surface area contributed by atoms with Crippen LogP contribution in [0.25, 0.3) is 0 Å². The molecule has 0 saturated carbocycles. The predicted molar refractivity (Wildman–Crippen MR) is 124 cm³/mol. The summed E-state index contributed by atoms with van der Waals surface area (Å²) in [7, 11) is 1.25. The molecule has 5 rings (SSSR count). The molecule has 0 bridgehead atoms. The molecule has 2 aromatic carbocycles. The third-order valence-corrected chi connectivity index (χ3v) is 6.21. The smallest absolute Gasteiger partial charge is 0.340 e. The van der Waals surface area contributed by atoms with E-state index < -0.39 is 11.9 Å². The Balaban J connectivity index is 1.66. The van der Waals surface area contributed by atoms with Crippen molar-refractivity contribution in [3.63, 3.8) is 0 Å². The average Bonchev–Trinajstić information content (AvgIpc) is 3.29. The van der Waals surface area contributed by atoms with Gasteiger partial charge in [0.2, 0.25) is 12.7 Å². The van der Waals surface area contributed by atoms with Crippen LogP contribution in [0.2, 0.25) is 5.02 Å². The molecule has 9 heteroatoms. The molecule has 174 valence electrons. The number of benzene rings is 2. The molecule has 2 N–H and O–H groups in total. The van der Waals surface area contributed by atoms with Gasteiger partial charge < -0.3 is 29.2 Å². The van der Waals surface area contributed by atoms with E-state index in [-0.39, 0.29) is 30.4 Å². The third kappa shape index (κ3) is 3.66. The zero-order chi connectivity index (χ0) is 24.0. The van der Waals surface area contributed by atoms with E-state index in [9.17, 15) is 9.59 Å². The molecule has 1 aromatic heterocycles. The number of fused-ring (bicyclic) bond motifs is 2. The van der Waals surface area contributed by atoms with E-state index in [4.69, 9.17) is 36.3 Å². The Labute approximate surface area is 200 Å². The van der Waals surface area contributed by atoms with Crippen molar-refractivity contribution in [3.8, 4) is 17.2 Å². The number of nitrogens with two attached hydrogens (primary N) is 1. The molecule has 0 aliphatic carbocycles. The van der Waals surface area contributed by atoms with Gasteiger partial charge in [0.15, 0.2) is 11.5 Å². The number of halogens is 1. The maximum Gasteiger partial charge on any atom is 0.340 e. The summed E-state index contributed by atoms with van der Waals surface area (Å²) in [5.41, 5.74) is 8.38. The molecule has 2 aliphatic rings. The van der Waals surface area contributed by atoms with Crippen molar-refractivity contribution >= 4 is 17.6 Å². The maximum atomic E-state index is 13.9. The first-order valence-electron chi connectivity index (χ1n) is 10.5. The van der Waals surface area contributed by atoms with Crippen LogP contribution >= 0.6 is 11.6 Å². The minimum Gasteiger partial charge on any atom is -0.465 e. The summed E-state index contributed by atoms with van der Waals surface area (Å²) in [5.74, 6) is 0.0288. The maximum absolute atomic E-state index is 13.9. The van der Waals surface area contributed by atoms with Gasteiger partial charge in [-0.15, -0.1) is 0 Å². The molecule has 0 saturated heterocycles. The highest BCUT2D eigenvalue weighted by molar-refractivity contribution is 6.30. The van der Waals surface area contributed by atoms with Crippen molar-refractivity contribution in [2.45, 2.75) is 19.4 Å². The number of hydrogen-bond acceptors (Lipinski definition) is 7. The summed E-state index contributed by atoms with van der Waals surface area (Å²) >= 11 is 6.08. The van der Waals surface area contributed by atoms with Gasteiger partial charge in [0.05, 0.1) is 25.1 Å². The van der Waals surface area contributed by atoms with E-state index in [1.165, 1.54) is 7.11 Å². The number of ether oxygens (including phenoxy) is 4.